The highest BCUT2D eigenvalue weighted by atomic mass is 32.2. The van der Waals surface area contributed by atoms with Crippen LogP contribution in [0.3, 0.4) is 0 Å². The van der Waals surface area contributed by atoms with Crippen LogP contribution in [0.15, 0.2) is 30.3 Å². The molecule has 24 heavy (non-hydrogen) atoms. The average Bonchev–Trinajstić information content (AvgIpc) is 2.59. The molecule has 0 aliphatic carbocycles. The number of thioether (sulfide) groups is 1. The van der Waals surface area contributed by atoms with Crippen LogP contribution in [-0.2, 0) is 5.75 Å². The topological polar surface area (TPSA) is 35.6 Å². The van der Waals surface area contributed by atoms with E-state index >= 15 is 0 Å². The summed E-state index contributed by atoms with van der Waals surface area (Å²) in [5.74, 6) is 1.95. The van der Waals surface area contributed by atoms with Crippen molar-refractivity contribution < 1.29 is 4.79 Å². The van der Waals surface area contributed by atoms with Gasteiger partial charge in [-0.15, -0.1) is 0 Å². The Hall–Kier alpha value is -1.20. The standard InChI is InChI=1S/C19H33N3OS/c1-5-21(6-2)13-12-20-19(23)22(17(3)4)14-15-24-16-18-10-8-7-9-11-18/h7-11,17H,5-6,12-16H2,1-4H3,(H,20,23). The molecule has 0 aliphatic rings. The van der Waals surface area contributed by atoms with Crippen molar-refractivity contribution in [2.45, 2.75) is 39.5 Å². The third-order valence-corrected chi connectivity index (χ3v) is 5.08. The highest BCUT2D eigenvalue weighted by Gasteiger charge is 2.16. The van der Waals surface area contributed by atoms with Crippen LogP contribution in [0.25, 0.3) is 0 Å². The van der Waals surface area contributed by atoms with Crippen LogP contribution in [0.5, 0.6) is 0 Å². The molecule has 0 unspecified atom stereocenters. The van der Waals surface area contributed by atoms with Crippen molar-refractivity contribution in [3.05, 3.63) is 35.9 Å². The number of benzene rings is 1. The third kappa shape index (κ3) is 8.06. The summed E-state index contributed by atoms with van der Waals surface area (Å²) >= 11 is 1.88. The van der Waals surface area contributed by atoms with Crippen molar-refractivity contribution in [1.29, 1.82) is 0 Å². The molecule has 0 saturated heterocycles. The minimum absolute atomic E-state index is 0.0532. The normalized spacial score (nSPS) is 11.1. The van der Waals surface area contributed by atoms with Crippen LogP contribution in [-0.4, -0.2) is 60.3 Å². The molecule has 2 amide bonds. The first-order valence-electron chi connectivity index (χ1n) is 8.96. The second-order valence-corrected chi connectivity index (χ2v) is 7.19. The second-order valence-electron chi connectivity index (χ2n) is 6.08. The fraction of sp³-hybridized carbons (Fsp3) is 0.632. The van der Waals surface area contributed by atoms with Crippen molar-refractivity contribution in [2.24, 2.45) is 0 Å². The summed E-state index contributed by atoms with van der Waals surface area (Å²) in [6, 6.07) is 10.7. The Morgan fingerprint density at radius 2 is 1.79 bits per heavy atom. The van der Waals surface area contributed by atoms with Gasteiger partial charge in [-0.25, -0.2) is 4.79 Å². The van der Waals surface area contributed by atoms with Gasteiger partial charge in [-0.2, -0.15) is 11.8 Å². The van der Waals surface area contributed by atoms with Crippen LogP contribution >= 0.6 is 11.8 Å². The van der Waals surface area contributed by atoms with Crippen molar-refractivity contribution in [2.75, 3.05) is 38.5 Å². The lowest BCUT2D eigenvalue weighted by Crippen LogP contribution is -2.47. The molecule has 136 valence electrons. The predicted octanol–water partition coefficient (Wildman–Crippen LogP) is 3.68. The van der Waals surface area contributed by atoms with Gasteiger partial charge in [0.05, 0.1) is 0 Å². The number of hydrogen-bond acceptors (Lipinski definition) is 3. The van der Waals surface area contributed by atoms with Crippen molar-refractivity contribution in [1.82, 2.24) is 15.1 Å². The highest BCUT2D eigenvalue weighted by molar-refractivity contribution is 7.98. The molecule has 1 aromatic carbocycles. The maximum Gasteiger partial charge on any atom is 0.317 e. The van der Waals surface area contributed by atoms with E-state index in [-0.39, 0.29) is 12.1 Å². The molecule has 1 N–H and O–H groups in total. The molecule has 0 heterocycles. The van der Waals surface area contributed by atoms with Gasteiger partial charge in [-0.05, 0) is 32.5 Å². The van der Waals surface area contributed by atoms with Gasteiger partial charge in [-0.3, -0.25) is 0 Å². The lowest BCUT2D eigenvalue weighted by molar-refractivity contribution is 0.185. The van der Waals surface area contributed by atoms with Gasteiger partial charge < -0.3 is 15.1 Å². The Bertz CT molecular complexity index is 449. The van der Waals surface area contributed by atoms with E-state index in [2.05, 4.69) is 62.2 Å². The minimum Gasteiger partial charge on any atom is -0.337 e. The molecule has 0 atom stereocenters. The second kappa shape index (κ2) is 12.2. The minimum atomic E-state index is 0.0532. The molecule has 5 heteroatoms. The number of carbonyl (C=O) groups excluding carboxylic acids is 1. The van der Waals surface area contributed by atoms with Gasteiger partial charge in [0.25, 0.3) is 0 Å². The Morgan fingerprint density at radius 3 is 2.38 bits per heavy atom. The van der Waals surface area contributed by atoms with Crippen LogP contribution in [0, 0.1) is 0 Å². The van der Waals surface area contributed by atoms with Gasteiger partial charge in [0.2, 0.25) is 0 Å². The third-order valence-electron chi connectivity index (χ3n) is 4.07. The van der Waals surface area contributed by atoms with E-state index in [1.165, 1.54) is 5.56 Å². The molecule has 0 bridgehead atoms. The first kappa shape index (κ1) is 20.8. The zero-order valence-corrected chi connectivity index (χ0v) is 16.4. The smallest absolute Gasteiger partial charge is 0.317 e. The number of amides is 2. The zero-order chi connectivity index (χ0) is 17.8. The quantitative estimate of drug-likeness (QED) is 0.618. The summed E-state index contributed by atoms with van der Waals surface area (Å²) in [7, 11) is 0. The highest BCUT2D eigenvalue weighted by Crippen LogP contribution is 2.12. The molecule has 0 spiro atoms. The van der Waals surface area contributed by atoms with Crippen LogP contribution < -0.4 is 5.32 Å². The summed E-state index contributed by atoms with van der Waals surface area (Å²) < 4.78 is 0. The van der Waals surface area contributed by atoms with E-state index in [9.17, 15) is 4.79 Å². The molecule has 1 aromatic rings. The average molecular weight is 352 g/mol. The van der Waals surface area contributed by atoms with Gasteiger partial charge in [-0.1, -0.05) is 44.2 Å². The van der Waals surface area contributed by atoms with Crippen LogP contribution in [0.4, 0.5) is 4.79 Å². The molecule has 0 fully saturated rings. The Labute approximate surface area is 152 Å². The van der Waals surface area contributed by atoms with E-state index in [0.717, 1.165) is 37.7 Å². The molecular weight excluding hydrogens is 318 g/mol. The maximum atomic E-state index is 12.4. The first-order chi connectivity index (χ1) is 11.6. The monoisotopic (exact) mass is 351 g/mol. The van der Waals surface area contributed by atoms with E-state index in [4.69, 9.17) is 0 Å². The van der Waals surface area contributed by atoms with E-state index in [0.29, 0.717) is 6.54 Å². The number of likely N-dealkylation sites (N-methyl/N-ethyl adjacent to an activating group) is 1. The fourth-order valence-electron chi connectivity index (χ4n) is 2.48. The van der Waals surface area contributed by atoms with E-state index in [1.807, 2.05) is 22.7 Å². The van der Waals surface area contributed by atoms with Gasteiger partial charge in [0, 0.05) is 37.2 Å². The lowest BCUT2D eigenvalue weighted by Gasteiger charge is -2.27. The van der Waals surface area contributed by atoms with Crippen molar-refractivity contribution in [3.63, 3.8) is 0 Å². The molecule has 0 radical (unpaired) electrons. The summed E-state index contributed by atoms with van der Waals surface area (Å²) in [5, 5.41) is 3.06. The Kier molecular flexibility index (Phi) is 10.6. The number of urea groups is 1. The molecule has 4 nitrogen and oxygen atoms in total. The Balaban J connectivity index is 2.30. The predicted molar refractivity (Wildman–Crippen MR) is 106 cm³/mol. The Morgan fingerprint density at radius 1 is 1.12 bits per heavy atom. The largest absolute Gasteiger partial charge is 0.337 e. The van der Waals surface area contributed by atoms with Gasteiger partial charge >= 0.3 is 6.03 Å². The number of hydrogen-bond donors (Lipinski definition) is 1. The van der Waals surface area contributed by atoms with E-state index in [1.54, 1.807) is 0 Å². The lowest BCUT2D eigenvalue weighted by atomic mass is 10.2. The molecule has 0 aliphatic heterocycles. The maximum absolute atomic E-state index is 12.4. The summed E-state index contributed by atoms with van der Waals surface area (Å²) in [5.41, 5.74) is 1.34. The van der Waals surface area contributed by atoms with Crippen LogP contribution in [0.1, 0.15) is 33.3 Å². The number of nitrogens with zero attached hydrogens (tertiary/aromatic N) is 2. The number of nitrogens with one attached hydrogen (secondary N) is 1. The van der Waals surface area contributed by atoms with E-state index < -0.39 is 0 Å². The van der Waals surface area contributed by atoms with Gasteiger partial charge in [0.1, 0.15) is 0 Å². The molecule has 0 aromatic heterocycles. The summed E-state index contributed by atoms with van der Waals surface area (Å²) in [4.78, 5) is 16.6. The SMILES string of the molecule is CCN(CC)CCNC(=O)N(CCSCc1ccccc1)C(C)C. The summed E-state index contributed by atoms with van der Waals surface area (Å²) in [6.45, 7) is 12.9. The molecule has 0 saturated carbocycles. The fourth-order valence-corrected chi connectivity index (χ4v) is 3.38. The zero-order valence-electron chi connectivity index (χ0n) is 15.6. The van der Waals surface area contributed by atoms with Gasteiger partial charge in [0.15, 0.2) is 0 Å². The van der Waals surface area contributed by atoms with Crippen molar-refractivity contribution in [3.8, 4) is 0 Å². The first-order valence-corrected chi connectivity index (χ1v) is 10.1. The number of rotatable bonds is 11. The summed E-state index contributed by atoms with van der Waals surface area (Å²) in [6.07, 6.45) is 0. The molecular formula is C19H33N3OS. The van der Waals surface area contributed by atoms with Crippen molar-refractivity contribution >= 4 is 17.8 Å². The number of carbonyl (C=O) groups is 1. The molecule has 1 rings (SSSR count). The van der Waals surface area contributed by atoms with Crippen LogP contribution in [0.2, 0.25) is 0 Å².